The molecule has 6 heteroatoms. The summed E-state index contributed by atoms with van der Waals surface area (Å²) in [6.07, 6.45) is 1.89. The average molecular weight is 376 g/mol. The maximum absolute atomic E-state index is 12.8. The summed E-state index contributed by atoms with van der Waals surface area (Å²) in [5.41, 5.74) is 1.14. The molecule has 0 aromatic heterocycles. The minimum Gasteiger partial charge on any atom is -0.497 e. The van der Waals surface area contributed by atoms with Gasteiger partial charge >= 0.3 is 0 Å². The lowest BCUT2D eigenvalue weighted by Crippen LogP contribution is -2.51. The lowest BCUT2D eigenvalue weighted by Gasteiger charge is -2.38. The second-order valence-electron chi connectivity index (χ2n) is 7.49. The monoisotopic (exact) mass is 375 g/mol. The van der Waals surface area contributed by atoms with Gasteiger partial charge in [0.2, 0.25) is 5.91 Å². The van der Waals surface area contributed by atoms with Gasteiger partial charge in [-0.3, -0.25) is 9.69 Å². The van der Waals surface area contributed by atoms with Crippen molar-refractivity contribution >= 4 is 5.91 Å². The van der Waals surface area contributed by atoms with Gasteiger partial charge in [-0.05, 0) is 50.7 Å². The van der Waals surface area contributed by atoms with Gasteiger partial charge in [-0.15, -0.1) is 0 Å². The van der Waals surface area contributed by atoms with Crippen LogP contribution in [0.3, 0.4) is 0 Å². The number of piperazine rings is 1. The average Bonchev–Trinajstić information content (AvgIpc) is 2.73. The van der Waals surface area contributed by atoms with Crippen LogP contribution < -0.4 is 9.47 Å². The summed E-state index contributed by atoms with van der Waals surface area (Å²) in [7, 11) is 3.39. The Morgan fingerprint density at radius 3 is 2.30 bits per heavy atom. The molecule has 3 rings (SSSR count). The van der Waals surface area contributed by atoms with Crippen LogP contribution in [0.1, 0.15) is 25.3 Å². The standard InChI is InChI=1S/C21H33N3O3/c1-4-22-11-13-24(14-12-22)21(25)17-7-9-23(10-8-17)16-18-15-19(26-2)5-6-20(18)27-3/h5-6,15,17H,4,7-14,16H2,1-3H3. The molecule has 0 atom stereocenters. The molecule has 150 valence electrons. The van der Waals surface area contributed by atoms with E-state index in [9.17, 15) is 4.79 Å². The Balaban J connectivity index is 1.51. The molecule has 27 heavy (non-hydrogen) atoms. The number of hydrogen-bond donors (Lipinski definition) is 0. The van der Waals surface area contributed by atoms with Crippen LogP contribution in [0.2, 0.25) is 0 Å². The van der Waals surface area contributed by atoms with E-state index in [1.807, 2.05) is 18.2 Å². The first-order valence-electron chi connectivity index (χ1n) is 10.1. The molecule has 0 spiro atoms. The highest BCUT2D eigenvalue weighted by Crippen LogP contribution is 2.28. The van der Waals surface area contributed by atoms with Gasteiger partial charge in [0, 0.05) is 44.2 Å². The topological polar surface area (TPSA) is 45.2 Å². The number of likely N-dealkylation sites (N-methyl/N-ethyl adjacent to an activating group) is 1. The molecule has 0 unspecified atom stereocenters. The van der Waals surface area contributed by atoms with Crippen molar-refractivity contribution in [1.82, 2.24) is 14.7 Å². The number of carbonyl (C=O) groups is 1. The van der Waals surface area contributed by atoms with Gasteiger partial charge in [0.15, 0.2) is 0 Å². The van der Waals surface area contributed by atoms with Gasteiger partial charge in [0.25, 0.3) is 0 Å². The highest BCUT2D eigenvalue weighted by atomic mass is 16.5. The lowest BCUT2D eigenvalue weighted by molar-refractivity contribution is -0.138. The van der Waals surface area contributed by atoms with Crippen LogP contribution >= 0.6 is 0 Å². The van der Waals surface area contributed by atoms with Crippen LogP contribution in [0.25, 0.3) is 0 Å². The molecule has 2 fully saturated rings. The van der Waals surface area contributed by atoms with E-state index in [0.717, 1.165) is 82.3 Å². The van der Waals surface area contributed by atoms with E-state index in [1.165, 1.54) is 0 Å². The predicted octanol–water partition coefficient (Wildman–Crippen LogP) is 2.08. The third kappa shape index (κ3) is 4.93. The minimum atomic E-state index is 0.182. The van der Waals surface area contributed by atoms with E-state index >= 15 is 0 Å². The molecule has 0 N–H and O–H groups in total. The second kappa shape index (κ2) is 9.42. The number of amides is 1. The molecule has 2 aliphatic heterocycles. The Morgan fingerprint density at radius 1 is 1.00 bits per heavy atom. The van der Waals surface area contributed by atoms with E-state index in [2.05, 4.69) is 21.6 Å². The normalized spacial score (nSPS) is 19.9. The first-order chi connectivity index (χ1) is 13.1. The van der Waals surface area contributed by atoms with Crippen LogP contribution in [-0.2, 0) is 11.3 Å². The molecule has 2 aliphatic rings. The molecule has 6 nitrogen and oxygen atoms in total. The molecule has 0 bridgehead atoms. The van der Waals surface area contributed by atoms with Gasteiger partial charge in [-0.2, -0.15) is 0 Å². The van der Waals surface area contributed by atoms with Crippen molar-refractivity contribution < 1.29 is 14.3 Å². The number of ether oxygens (including phenoxy) is 2. The molecular formula is C21H33N3O3. The summed E-state index contributed by atoms with van der Waals surface area (Å²) in [4.78, 5) is 19.8. The molecule has 0 aliphatic carbocycles. The number of benzene rings is 1. The quantitative estimate of drug-likeness (QED) is 0.762. The van der Waals surface area contributed by atoms with Crippen molar-refractivity contribution in [3.05, 3.63) is 23.8 Å². The Kier molecular flexibility index (Phi) is 6.96. The molecule has 1 aromatic carbocycles. The van der Waals surface area contributed by atoms with Gasteiger partial charge < -0.3 is 19.3 Å². The van der Waals surface area contributed by atoms with Crippen LogP contribution in [0, 0.1) is 5.92 Å². The summed E-state index contributed by atoms with van der Waals surface area (Å²) >= 11 is 0. The highest BCUT2D eigenvalue weighted by molar-refractivity contribution is 5.79. The molecule has 0 radical (unpaired) electrons. The zero-order chi connectivity index (χ0) is 19.2. The summed E-state index contributed by atoms with van der Waals surface area (Å²) in [5.74, 6) is 2.29. The van der Waals surface area contributed by atoms with Crippen molar-refractivity contribution in [2.75, 3.05) is 60.0 Å². The van der Waals surface area contributed by atoms with Crippen LogP contribution in [0.5, 0.6) is 11.5 Å². The number of methoxy groups -OCH3 is 2. The molecular weight excluding hydrogens is 342 g/mol. The number of carbonyl (C=O) groups excluding carboxylic acids is 1. The smallest absolute Gasteiger partial charge is 0.225 e. The van der Waals surface area contributed by atoms with Crippen LogP contribution in [0.15, 0.2) is 18.2 Å². The first kappa shape index (κ1) is 20.0. The van der Waals surface area contributed by atoms with E-state index in [4.69, 9.17) is 9.47 Å². The number of likely N-dealkylation sites (tertiary alicyclic amines) is 1. The third-order valence-corrected chi connectivity index (χ3v) is 5.95. The van der Waals surface area contributed by atoms with Crippen molar-refractivity contribution in [2.24, 2.45) is 5.92 Å². The van der Waals surface area contributed by atoms with Crippen LogP contribution in [0.4, 0.5) is 0 Å². The number of rotatable bonds is 6. The summed E-state index contributed by atoms with van der Waals surface area (Å²) < 4.78 is 10.8. The fourth-order valence-corrected chi connectivity index (χ4v) is 4.13. The molecule has 1 aromatic rings. The summed E-state index contributed by atoms with van der Waals surface area (Å²) in [6, 6.07) is 5.93. The zero-order valence-corrected chi connectivity index (χ0v) is 16.9. The van der Waals surface area contributed by atoms with Crippen molar-refractivity contribution in [3.63, 3.8) is 0 Å². The predicted molar refractivity (Wildman–Crippen MR) is 106 cm³/mol. The molecule has 0 saturated carbocycles. The fourth-order valence-electron chi connectivity index (χ4n) is 4.13. The fraction of sp³-hybridized carbons (Fsp3) is 0.667. The second-order valence-corrected chi connectivity index (χ2v) is 7.49. The van der Waals surface area contributed by atoms with E-state index < -0.39 is 0 Å². The first-order valence-corrected chi connectivity index (χ1v) is 10.1. The van der Waals surface area contributed by atoms with E-state index in [0.29, 0.717) is 5.91 Å². The highest BCUT2D eigenvalue weighted by Gasteiger charge is 2.30. The maximum Gasteiger partial charge on any atom is 0.225 e. The lowest BCUT2D eigenvalue weighted by atomic mass is 9.94. The Bertz CT molecular complexity index is 621. The number of hydrogen-bond acceptors (Lipinski definition) is 5. The van der Waals surface area contributed by atoms with Gasteiger partial charge in [0.05, 0.1) is 14.2 Å². The van der Waals surface area contributed by atoms with Gasteiger partial charge in [-0.25, -0.2) is 0 Å². The summed E-state index contributed by atoms with van der Waals surface area (Å²) in [6.45, 7) is 9.78. The summed E-state index contributed by atoms with van der Waals surface area (Å²) in [5, 5.41) is 0. The third-order valence-electron chi connectivity index (χ3n) is 5.95. The number of nitrogens with zero attached hydrogens (tertiary/aromatic N) is 3. The van der Waals surface area contributed by atoms with Crippen molar-refractivity contribution in [1.29, 1.82) is 0 Å². The Hall–Kier alpha value is -1.79. The zero-order valence-electron chi connectivity index (χ0n) is 16.9. The minimum absolute atomic E-state index is 0.182. The van der Waals surface area contributed by atoms with E-state index in [1.54, 1.807) is 14.2 Å². The van der Waals surface area contributed by atoms with Gasteiger partial charge in [0.1, 0.15) is 11.5 Å². The molecule has 2 heterocycles. The number of piperidine rings is 1. The molecule has 1 amide bonds. The van der Waals surface area contributed by atoms with Crippen molar-refractivity contribution in [2.45, 2.75) is 26.3 Å². The molecule has 2 saturated heterocycles. The SMILES string of the molecule is CCN1CCN(C(=O)C2CCN(Cc3cc(OC)ccc3OC)CC2)CC1. The largest absolute Gasteiger partial charge is 0.497 e. The Morgan fingerprint density at radius 2 is 1.70 bits per heavy atom. The van der Waals surface area contributed by atoms with Gasteiger partial charge in [-0.1, -0.05) is 6.92 Å². The van der Waals surface area contributed by atoms with E-state index in [-0.39, 0.29) is 5.92 Å². The maximum atomic E-state index is 12.8. The van der Waals surface area contributed by atoms with Crippen LogP contribution in [-0.4, -0.2) is 80.6 Å². The Labute approximate surface area is 163 Å². The van der Waals surface area contributed by atoms with Crippen molar-refractivity contribution in [3.8, 4) is 11.5 Å².